The molecule has 0 bridgehead atoms. The maximum absolute atomic E-state index is 13.5. The number of esters is 1. The van der Waals surface area contributed by atoms with E-state index in [2.05, 4.69) is 15.9 Å². The van der Waals surface area contributed by atoms with E-state index in [1.807, 2.05) is 6.92 Å². The first-order valence-electron chi connectivity index (χ1n) is 4.30. The van der Waals surface area contributed by atoms with E-state index in [9.17, 15) is 9.18 Å². The molecule has 14 heavy (non-hydrogen) atoms. The van der Waals surface area contributed by atoms with Crippen LogP contribution in [0, 0.1) is 0 Å². The van der Waals surface area contributed by atoms with Crippen molar-refractivity contribution in [1.29, 1.82) is 0 Å². The van der Waals surface area contributed by atoms with Crippen molar-refractivity contribution in [1.82, 2.24) is 0 Å². The molecule has 1 aliphatic heterocycles. The lowest BCUT2D eigenvalue weighted by Gasteiger charge is -2.04. The van der Waals surface area contributed by atoms with Crippen LogP contribution in [0.3, 0.4) is 0 Å². The van der Waals surface area contributed by atoms with Crippen LogP contribution in [0.5, 0.6) is 0 Å². The first-order valence-corrected chi connectivity index (χ1v) is 5.09. The molecule has 1 aliphatic rings. The summed E-state index contributed by atoms with van der Waals surface area (Å²) in [6.45, 7) is 1.85. The van der Waals surface area contributed by atoms with Crippen molar-refractivity contribution in [2.24, 2.45) is 0 Å². The van der Waals surface area contributed by atoms with E-state index in [-0.39, 0.29) is 11.3 Å². The Morgan fingerprint density at radius 1 is 1.71 bits per heavy atom. The molecule has 5 heteroatoms. The Kier molecular flexibility index (Phi) is 3.92. The molecule has 0 N–H and O–H groups in total. The van der Waals surface area contributed by atoms with Crippen LogP contribution < -0.4 is 0 Å². The highest BCUT2D eigenvalue weighted by atomic mass is 79.9. The zero-order chi connectivity index (χ0) is 10.7. The van der Waals surface area contributed by atoms with E-state index in [0.29, 0.717) is 17.3 Å². The first-order chi connectivity index (χ1) is 6.61. The topological polar surface area (TPSA) is 26.3 Å². The van der Waals surface area contributed by atoms with Crippen molar-refractivity contribution < 1.29 is 13.9 Å². The van der Waals surface area contributed by atoms with Crippen LogP contribution in [0.1, 0.15) is 19.8 Å². The second kappa shape index (κ2) is 4.78. The Balaban J connectivity index is 2.95. The van der Waals surface area contributed by atoms with Gasteiger partial charge in [0.2, 0.25) is 0 Å². The zero-order valence-electron chi connectivity index (χ0n) is 7.72. The molecule has 1 heterocycles. The molecular weight excluding hydrogens is 250 g/mol. The fraction of sp³-hybridized carbons (Fsp3) is 0.444. The Morgan fingerprint density at radius 3 is 2.79 bits per heavy atom. The van der Waals surface area contributed by atoms with Gasteiger partial charge in [-0.2, -0.15) is 0 Å². The molecule has 0 spiro atoms. The summed E-state index contributed by atoms with van der Waals surface area (Å²) in [6.07, 6.45) is -0.323. The molecule has 0 saturated heterocycles. The van der Waals surface area contributed by atoms with Crippen molar-refractivity contribution in [2.45, 2.75) is 25.9 Å². The predicted octanol–water partition coefficient (Wildman–Crippen LogP) is 2.34. The van der Waals surface area contributed by atoms with Crippen molar-refractivity contribution in [3.8, 4) is 0 Å². The summed E-state index contributed by atoms with van der Waals surface area (Å²) in [5, 5.41) is 0. The van der Waals surface area contributed by atoms with Gasteiger partial charge in [0.05, 0.1) is 10.1 Å². The molecule has 1 rings (SSSR count). The highest BCUT2D eigenvalue weighted by Crippen LogP contribution is 2.34. The Labute approximate surface area is 91.7 Å². The fourth-order valence-electron chi connectivity index (χ4n) is 1.19. The van der Waals surface area contributed by atoms with Crippen molar-refractivity contribution in [3.05, 3.63) is 21.8 Å². The quantitative estimate of drug-likeness (QED) is 0.574. The lowest BCUT2D eigenvalue weighted by Crippen LogP contribution is -2.11. The summed E-state index contributed by atoms with van der Waals surface area (Å²) in [7, 11) is 5.20. The normalized spacial score (nSPS) is 21.6. The number of allylic oxidation sites excluding steroid dienone is 1. The second-order valence-corrected chi connectivity index (χ2v) is 3.70. The number of carbonyl (C=O) groups excluding carboxylic acids is 1. The van der Waals surface area contributed by atoms with Crippen molar-refractivity contribution in [2.75, 3.05) is 0 Å². The van der Waals surface area contributed by atoms with Gasteiger partial charge in [0, 0.05) is 0 Å². The SMILES string of the molecule is [B]/C=C1\OC(=O)C(C(F)CCC)=C1Br. The van der Waals surface area contributed by atoms with Crippen LogP contribution in [-0.2, 0) is 9.53 Å². The van der Waals surface area contributed by atoms with Gasteiger partial charge in [-0.1, -0.05) is 19.3 Å². The number of alkyl halides is 1. The summed E-state index contributed by atoms with van der Waals surface area (Å²) in [5.74, 6) is 0.659. The predicted molar refractivity (Wildman–Crippen MR) is 55.7 cm³/mol. The van der Waals surface area contributed by atoms with Crippen LogP contribution in [-0.4, -0.2) is 20.0 Å². The fourth-order valence-corrected chi connectivity index (χ4v) is 1.82. The van der Waals surface area contributed by atoms with E-state index < -0.39 is 12.1 Å². The van der Waals surface area contributed by atoms with Crippen LogP contribution in [0.2, 0.25) is 0 Å². The molecule has 0 aliphatic carbocycles. The summed E-state index contributed by atoms with van der Waals surface area (Å²) in [5.41, 5.74) is 0.0311. The molecule has 1 unspecified atom stereocenters. The maximum atomic E-state index is 13.5. The van der Waals surface area contributed by atoms with Crippen LogP contribution in [0.25, 0.3) is 0 Å². The molecule has 2 nitrogen and oxygen atoms in total. The summed E-state index contributed by atoms with van der Waals surface area (Å²) in [6, 6.07) is 0. The van der Waals surface area contributed by atoms with E-state index in [4.69, 9.17) is 12.6 Å². The molecule has 0 amide bonds. The highest BCUT2D eigenvalue weighted by molar-refractivity contribution is 9.12. The van der Waals surface area contributed by atoms with Gasteiger partial charge in [-0.3, -0.25) is 0 Å². The largest absolute Gasteiger partial charge is 0.423 e. The van der Waals surface area contributed by atoms with Crippen LogP contribution in [0.4, 0.5) is 4.39 Å². The summed E-state index contributed by atoms with van der Waals surface area (Å²) in [4.78, 5) is 11.2. The molecule has 0 saturated carbocycles. The molecule has 0 fully saturated rings. The molecule has 0 aromatic carbocycles. The number of hydrogen-bond donors (Lipinski definition) is 0. The number of cyclic esters (lactones) is 1. The highest BCUT2D eigenvalue weighted by Gasteiger charge is 2.33. The average Bonchev–Trinajstić information content (AvgIpc) is 2.41. The van der Waals surface area contributed by atoms with Crippen molar-refractivity contribution in [3.63, 3.8) is 0 Å². The third-order valence-corrected chi connectivity index (χ3v) is 2.70. The van der Waals surface area contributed by atoms with Gasteiger partial charge in [-0.15, -0.1) is 0 Å². The monoisotopic (exact) mass is 258 g/mol. The van der Waals surface area contributed by atoms with Gasteiger partial charge in [0.25, 0.3) is 0 Å². The van der Waals surface area contributed by atoms with Gasteiger partial charge in [0.1, 0.15) is 19.8 Å². The average molecular weight is 259 g/mol. The summed E-state index contributed by atoms with van der Waals surface area (Å²) >= 11 is 3.09. The second-order valence-electron chi connectivity index (χ2n) is 2.90. The number of carbonyl (C=O) groups is 1. The van der Waals surface area contributed by atoms with E-state index in [1.54, 1.807) is 0 Å². The summed E-state index contributed by atoms with van der Waals surface area (Å²) < 4.78 is 18.5. The smallest absolute Gasteiger partial charge is 0.343 e. The van der Waals surface area contributed by atoms with Gasteiger partial charge >= 0.3 is 5.97 Å². The van der Waals surface area contributed by atoms with Gasteiger partial charge < -0.3 is 4.74 Å². The van der Waals surface area contributed by atoms with Crippen molar-refractivity contribution >= 4 is 29.7 Å². The van der Waals surface area contributed by atoms with Crippen LogP contribution >= 0.6 is 15.9 Å². The number of ether oxygens (including phenoxy) is 1. The number of hydrogen-bond acceptors (Lipinski definition) is 2. The standard InChI is InChI=1S/C9H9BBrFO2/c1-2-3-5(12)7-8(11)6(4-10)14-9(7)13/h4-5H,2-3H2,1H3/b6-4-. The number of rotatable bonds is 3. The first kappa shape index (κ1) is 11.5. The molecular formula is C9H9BBrFO2. The lowest BCUT2D eigenvalue weighted by molar-refractivity contribution is -0.133. The Hall–Kier alpha value is -0.575. The minimum Gasteiger partial charge on any atom is -0.423 e. The van der Waals surface area contributed by atoms with E-state index in [0.717, 1.165) is 5.98 Å². The third-order valence-electron chi connectivity index (χ3n) is 1.88. The Bertz CT molecular complexity index is 312. The molecule has 1 atom stereocenters. The maximum Gasteiger partial charge on any atom is 0.343 e. The van der Waals surface area contributed by atoms with Gasteiger partial charge in [0.15, 0.2) is 0 Å². The third kappa shape index (κ3) is 2.08. The molecule has 0 aromatic heterocycles. The minimum absolute atomic E-state index is 0.0311. The molecule has 74 valence electrons. The number of halogens is 2. The molecule has 0 aromatic rings. The van der Waals surface area contributed by atoms with Crippen LogP contribution in [0.15, 0.2) is 21.8 Å². The minimum atomic E-state index is -1.29. The van der Waals surface area contributed by atoms with E-state index >= 15 is 0 Å². The Morgan fingerprint density at radius 2 is 2.36 bits per heavy atom. The molecule has 2 radical (unpaired) electrons. The lowest BCUT2D eigenvalue weighted by atomic mass is 10.1. The van der Waals surface area contributed by atoms with Gasteiger partial charge in [-0.25, -0.2) is 9.18 Å². The van der Waals surface area contributed by atoms with Gasteiger partial charge in [-0.05, 0) is 22.4 Å². The zero-order valence-corrected chi connectivity index (χ0v) is 9.30. The van der Waals surface area contributed by atoms with E-state index in [1.165, 1.54) is 0 Å².